The molecule has 1 aliphatic rings. The second-order valence-electron chi connectivity index (χ2n) is 8.06. The quantitative estimate of drug-likeness (QED) is 0.664. The van der Waals surface area contributed by atoms with Crippen LogP contribution in [0.4, 0.5) is 11.4 Å². The lowest BCUT2D eigenvalue weighted by Crippen LogP contribution is -2.42. The summed E-state index contributed by atoms with van der Waals surface area (Å²) in [6.07, 6.45) is 3.54. The number of amides is 1. The van der Waals surface area contributed by atoms with Crippen LogP contribution >= 0.6 is 0 Å². The molecular formula is C23H28N2O4S. The zero-order valence-corrected chi connectivity index (χ0v) is 18.5. The average molecular weight is 429 g/mol. The number of anilines is 2. The predicted octanol–water partition coefficient (Wildman–Crippen LogP) is 4.38. The number of nitrogens with zero attached hydrogens (tertiary/aromatic N) is 1. The van der Waals surface area contributed by atoms with Crippen LogP contribution in [-0.4, -0.2) is 27.5 Å². The first kappa shape index (κ1) is 21.9. The fourth-order valence-electron chi connectivity index (χ4n) is 3.36. The molecule has 160 valence electrons. The summed E-state index contributed by atoms with van der Waals surface area (Å²) in [5.41, 5.74) is 1.27. The predicted molar refractivity (Wildman–Crippen MR) is 120 cm³/mol. The Morgan fingerprint density at radius 1 is 1.20 bits per heavy atom. The van der Waals surface area contributed by atoms with Crippen molar-refractivity contribution in [2.24, 2.45) is 5.41 Å². The van der Waals surface area contributed by atoms with E-state index < -0.39 is 15.4 Å². The van der Waals surface area contributed by atoms with Crippen molar-refractivity contribution in [1.29, 1.82) is 0 Å². The molecule has 0 saturated carbocycles. The Balaban J connectivity index is 1.92. The van der Waals surface area contributed by atoms with E-state index in [9.17, 15) is 13.2 Å². The van der Waals surface area contributed by atoms with Gasteiger partial charge in [-0.05, 0) is 56.2 Å². The highest BCUT2D eigenvalue weighted by atomic mass is 32.2. The maximum Gasteiger partial charge on any atom is 0.261 e. The van der Waals surface area contributed by atoms with Crippen LogP contribution in [-0.2, 0) is 21.2 Å². The summed E-state index contributed by atoms with van der Waals surface area (Å²) >= 11 is 0. The normalized spacial score (nSPS) is 15.7. The third-order valence-electron chi connectivity index (χ3n) is 5.00. The molecule has 2 aromatic carbocycles. The standard InChI is InChI=1S/C23H28N2O4S/c1-5-7-17-8-11-19(12-9-17)30(27,28)24-18-10-13-21-20(15-18)25(14-6-2)22(26)23(3,4)16-29-21/h6,8-13,15,24H,2,5,7,14,16H2,1,3-4H3. The van der Waals surface area contributed by atoms with Crippen LogP contribution in [0.1, 0.15) is 32.8 Å². The van der Waals surface area contributed by atoms with Crippen LogP contribution < -0.4 is 14.4 Å². The first-order valence-electron chi connectivity index (χ1n) is 9.99. The summed E-state index contributed by atoms with van der Waals surface area (Å²) in [4.78, 5) is 14.7. The molecule has 1 N–H and O–H groups in total. The van der Waals surface area contributed by atoms with Crippen molar-refractivity contribution in [2.75, 3.05) is 22.8 Å². The van der Waals surface area contributed by atoms with Crippen LogP contribution in [0.3, 0.4) is 0 Å². The van der Waals surface area contributed by atoms with E-state index in [4.69, 9.17) is 4.74 Å². The fourth-order valence-corrected chi connectivity index (χ4v) is 4.41. The number of hydrogen-bond donors (Lipinski definition) is 1. The van der Waals surface area contributed by atoms with E-state index in [0.29, 0.717) is 23.7 Å². The Morgan fingerprint density at radius 3 is 2.53 bits per heavy atom. The van der Waals surface area contributed by atoms with Crippen LogP contribution in [0.5, 0.6) is 5.75 Å². The van der Waals surface area contributed by atoms with E-state index >= 15 is 0 Å². The van der Waals surface area contributed by atoms with Gasteiger partial charge in [-0.3, -0.25) is 9.52 Å². The van der Waals surface area contributed by atoms with Gasteiger partial charge in [-0.1, -0.05) is 31.6 Å². The van der Waals surface area contributed by atoms with Crippen LogP contribution in [0.25, 0.3) is 0 Å². The highest BCUT2D eigenvalue weighted by Gasteiger charge is 2.37. The Kier molecular flexibility index (Phi) is 6.22. The van der Waals surface area contributed by atoms with Crippen molar-refractivity contribution < 1.29 is 17.9 Å². The number of aryl methyl sites for hydroxylation is 1. The van der Waals surface area contributed by atoms with E-state index in [0.717, 1.165) is 18.4 Å². The van der Waals surface area contributed by atoms with Crippen molar-refractivity contribution in [3.8, 4) is 5.75 Å². The molecule has 3 rings (SSSR count). The number of carbonyl (C=O) groups excluding carboxylic acids is 1. The Hall–Kier alpha value is -2.80. The molecule has 0 radical (unpaired) electrons. The van der Waals surface area contributed by atoms with Crippen molar-refractivity contribution in [2.45, 2.75) is 38.5 Å². The third kappa shape index (κ3) is 4.51. The zero-order chi connectivity index (χ0) is 21.9. The number of rotatable bonds is 7. The second kappa shape index (κ2) is 8.52. The van der Waals surface area contributed by atoms with E-state index in [2.05, 4.69) is 18.2 Å². The molecule has 0 unspecified atom stereocenters. The monoisotopic (exact) mass is 428 g/mol. The molecule has 1 amide bonds. The Labute approximate surface area is 178 Å². The molecule has 0 aliphatic carbocycles. The second-order valence-corrected chi connectivity index (χ2v) is 9.74. The number of ether oxygens (including phenoxy) is 1. The number of benzene rings is 2. The summed E-state index contributed by atoms with van der Waals surface area (Å²) in [6, 6.07) is 11.8. The molecule has 0 saturated heterocycles. The number of sulfonamides is 1. The van der Waals surface area contributed by atoms with E-state index in [1.807, 2.05) is 26.0 Å². The van der Waals surface area contributed by atoms with Gasteiger partial charge < -0.3 is 9.64 Å². The molecule has 0 fully saturated rings. The van der Waals surface area contributed by atoms with Gasteiger partial charge >= 0.3 is 0 Å². The molecule has 0 aromatic heterocycles. The van der Waals surface area contributed by atoms with Crippen LogP contribution in [0.15, 0.2) is 60.0 Å². The van der Waals surface area contributed by atoms with E-state index in [1.165, 1.54) is 0 Å². The minimum Gasteiger partial charge on any atom is -0.490 e. The van der Waals surface area contributed by atoms with Gasteiger partial charge in [-0.2, -0.15) is 0 Å². The number of hydrogen-bond acceptors (Lipinski definition) is 4. The topological polar surface area (TPSA) is 75.7 Å². The molecular weight excluding hydrogens is 400 g/mol. The zero-order valence-electron chi connectivity index (χ0n) is 17.6. The van der Waals surface area contributed by atoms with Gasteiger partial charge in [0.1, 0.15) is 12.4 Å². The van der Waals surface area contributed by atoms with E-state index in [-0.39, 0.29) is 17.4 Å². The first-order valence-corrected chi connectivity index (χ1v) is 11.5. The summed E-state index contributed by atoms with van der Waals surface area (Å²) in [7, 11) is -3.76. The Bertz CT molecular complexity index is 1040. The smallest absolute Gasteiger partial charge is 0.261 e. The van der Waals surface area contributed by atoms with Crippen molar-refractivity contribution >= 4 is 27.3 Å². The van der Waals surface area contributed by atoms with Gasteiger partial charge in [0.2, 0.25) is 5.91 Å². The van der Waals surface area contributed by atoms with Crippen LogP contribution in [0.2, 0.25) is 0 Å². The van der Waals surface area contributed by atoms with Gasteiger partial charge in [0.15, 0.2) is 0 Å². The maximum absolute atomic E-state index is 13.0. The van der Waals surface area contributed by atoms with E-state index in [1.54, 1.807) is 41.3 Å². The number of nitrogens with one attached hydrogen (secondary N) is 1. The van der Waals surface area contributed by atoms with Crippen molar-refractivity contribution in [3.63, 3.8) is 0 Å². The number of fused-ring (bicyclic) bond motifs is 1. The summed E-state index contributed by atoms with van der Waals surface area (Å²) < 4.78 is 34.1. The molecule has 0 atom stereocenters. The van der Waals surface area contributed by atoms with Gasteiger partial charge in [-0.25, -0.2) is 8.42 Å². The molecule has 30 heavy (non-hydrogen) atoms. The van der Waals surface area contributed by atoms with Crippen LogP contribution in [0, 0.1) is 5.41 Å². The molecule has 1 heterocycles. The minimum absolute atomic E-state index is 0.104. The van der Waals surface area contributed by atoms with Crippen molar-refractivity contribution in [1.82, 2.24) is 0 Å². The molecule has 0 bridgehead atoms. The van der Waals surface area contributed by atoms with Gasteiger partial charge in [-0.15, -0.1) is 6.58 Å². The molecule has 2 aromatic rings. The van der Waals surface area contributed by atoms with Gasteiger partial charge in [0, 0.05) is 6.54 Å². The molecule has 7 heteroatoms. The highest BCUT2D eigenvalue weighted by molar-refractivity contribution is 7.92. The summed E-state index contributed by atoms with van der Waals surface area (Å²) in [6.45, 7) is 10.00. The minimum atomic E-state index is -3.76. The highest BCUT2D eigenvalue weighted by Crippen LogP contribution is 2.38. The maximum atomic E-state index is 13.0. The lowest BCUT2D eigenvalue weighted by Gasteiger charge is -2.27. The lowest BCUT2D eigenvalue weighted by molar-refractivity contribution is -0.127. The average Bonchev–Trinajstić information content (AvgIpc) is 2.79. The molecule has 1 aliphatic heterocycles. The lowest BCUT2D eigenvalue weighted by atomic mass is 9.93. The fraction of sp³-hybridized carbons (Fsp3) is 0.348. The largest absolute Gasteiger partial charge is 0.490 e. The summed E-state index contributed by atoms with van der Waals surface area (Å²) in [5.74, 6) is 0.426. The first-order chi connectivity index (χ1) is 14.2. The SMILES string of the molecule is C=CCN1C(=O)C(C)(C)COc2ccc(NS(=O)(=O)c3ccc(CCC)cc3)cc21. The summed E-state index contributed by atoms with van der Waals surface area (Å²) in [5, 5.41) is 0. The Morgan fingerprint density at radius 2 is 1.90 bits per heavy atom. The third-order valence-corrected chi connectivity index (χ3v) is 6.40. The van der Waals surface area contributed by atoms with Gasteiger partial charge in [0.05, 0.1) is 21.7 Å². The number of carbonyl (C=O) groups is 1. The van der Waals surface area contributed by atoms with Crippen molar-refractivity contribution in [3.05, 3.63) is 60.7 Å². The molecule has 0 spiro atoms. The van der Waals surface area contributed by atoms with Gasteiger partial charge in [0.25, 0.3) is 10.0 Å². The molecule has 6 nitrogen and oxygen atoms in total.